The topological polar surface area (TPSA) is 105 Å². The fourth-order valence-electron chi connectivity index (χ4n) is 6.33. The Morgan fingerprint density at radius 1 is 0.840 bits per heavy atom. The minimum atomic E-state index is -4.43. The number of rotatable bonds is 12. The molecule has 50 heavy (non-hydrogen) atoms. The summed E-state index contributed by atoms with van der Waals surface area (Å²) in [5, 5.41) is 3.70. The average molecular weight is 720 g/mol. The number of halogens is 2. The number of ether oxygens (including phenoxy) is 2. The van der Waals surface area contributed by atoms with Crippen LogP contribution in [0.25, 0.3) is 0 Å². The molecule has 1 atom stereocenters. The molecule has 0 saturated heterocycles. The molecule has 6 rings (SSSR count). The zero-order valence-electron chi connectivity index (χ0n) is 27.5. The first-order valence-electron chi connectivity index (χ1n) is 16.7. The van der Waals surface area contributed by atoms with Gasteiger partial charge in [0.1, 0.15) is 31.6 Å². The van der Waals surface area contributed by atoms with Crippen LogP contribution < -0.4 is 19.1 Å². The number of hydrogen-bond acceptors (Lipinski definition) is 6. The first-order valence-corrected chi connectivity index (χ1v) is 18.6. The minimum Gasteiger partial charge on any atom is -0.486 e. The van der Waals surface area contributed by atoms with Crippen molar-refractivity contribution in [3.05, 3.63) is 119 Å². The van der Waals surface area contributed by atoms with Gasteiger partial charge in [-0.15, -0.1) is 0 Å². The number of nitrogens with one attached hydrogen (secondary N) is 1. The Bertz CT molecular complexity index is 1890. The van der Waals surface area contributed by atoms with Crippen LogP contribution in [0.3, 0.4) is 0 Å². The van der Waals surface area contributed by atoms with Gasteiger partial charge in [-0.1, -0.05) is 73.3 Å². The Hall–Kier alpha value is -4.61. The van der Waals surface area contributed by atoms with Crippen molar-refractivity contribution < 1.29 is 31.9 Å². The summed E-state index contributed by atoms with van der Waals surface area (Å²) >= 11 is 6.18. The maximum atomic E-state index is 14.7. The van der Waals surface area contributed by atoms with Gasteiger partial charge < -0.3 is 19.7 Å². The first-order chi connectivity index (χ1) is 24.2. The van der Waals surface area contributed by atoms with Crippen LogP contribution in [-0.4, -0.2) is 57.0 Å². The number of carbonyl (C=O) groups is 2. The van der Waals surface area contributed by atoms with Crippen LogP contribution >= 0.6 is 11.6 Å². The summed E-state index contributed by atoms with van der Waals surface area (Å²) in [7, 11) is -4.43. The molecule has 1 aliphatic carbocycles. The van der Waals surface area contributed by atoms with Crippen molar-refractivity contribution in [2.24, 2.45) is 0 Å². The molecule has 1 N–H and O–H groups in total. The third-order valence-corrected chi connectivity index (χ3v) is 11.0. The highest BCUT2D eigenvalue weighted by Crippen LogP contribution is 2.34. The first kappa shape index (κ1) is 35.2. The molecule has 0 spiro atoms. The molecule has 1 fully saturated rings. The van der Waals surface area contributed by atoms with Gasteiger partial charge in [0.15, 0.2) is 11.5 Å². The van der Waals surface area contributed by atoms with Crippen LogP contribution in [0, 0.1) is 5.82 Å². The van der Waals surface area contributed by atoms with Crippen LogP contribution in [-0.2, 0) is 32.6 Å². The highest BCUT2D eigenvalue weighted by Gasteiger charge is 2.36. The Kier molecular flexibility index (Phi) is 11.2. The molecule has 2 aliphatic rings. The monoisotopic (exact) mass is 719 g/mol. The maximum Gasteiger partial charge on any atom is 0.264 e. The molecule has 2 amide bonds. The lowest BCUT2D eigenvalue weighted by molar-refractivity contribution is -0.140. The summed E-state index contributed by atoms with van der Waals surface area (Å²) in [6.07, 6.45) is 5.02. The Morgan fingerprint density at radius 3 is 2.22 bits per heavy atom. The zero-order valence-corrected chi connectivity index (χ0v) is 29.0. The number of nitrogens with zero attached hydrogens (tertiary/aromatic N) is 2. The summed E-state index contributed by atoms with van der Waals surface area (Å²) in [5.74, 6) is -0.837. The Balaban J connectivity index is 1.39. The van der Waals surface area contributed by atoms with Gasteiger partial charge in [-0.3, -0.25) is 13.9 Å². The summed E-state index contributed by atoms with van der Waals surface area (Å²) in [4.78, 5) is 30.2. The predicted octanol–water partition coefficient (Wildman–Crippen LogP) is 6.53. The lowest BCUT2D eigenvalue weighted by Gasteiger charge is -2.35. The van der Waals surface area contributed by atoms with E-state index in [4.69, 9.17) is 21.1 Å². The number of benzene rings is 4. The number of anilines is 1. The lowest BCUT2D eigenvalue weighted by Crippen LogP contribution is -2.55. The van der Waals surface area contributed by atoms with E-state index in [0.717, 1.165) is 54.1 Å². The Labute approximate surface area is 297 Å². The van der Waals surface area contributed by atoms with Gasteiger partial charge in [0.25, 0.3) is 10.0 Å². The third-order valence-electron chi connectivity index (χ3n) is 8.98. The van der Waals surface area contributed by atoms with Gasteiger partial charge in [-0.05, 0) is 72.5 Å². The molecule has 0 unspecified atom stereocenters. The van der Waals surface area contributed by atoms with Crippen molar-refractivity contribution in [2.45, 2.75) is 62.0 Å². The fourth-order valence-corrected chi connectivity index (χ4v) is 7.89. The van der Waals surface area contributed by atoms with E-state index in [1.165, 1.54) is 35.2 Å². The third kappa shape index (κ3) is 8.57. The van der Waals surface area contributed by atoms with E-state index in [9.17, 15) is 22.4 Å². The molecule has 1 aliphatic heterocycles. The van der Waals surface area contributed by atoms with E-state index >= 15 is 0 Å². The van der Waals surface area contributed by atoms with Crippen LogP contribution in [0.4, 0.5) is 10.1 Å². The van der Waals surface area contributed by atoms with E-state index < -0.39 is 34.3 Å². The van der Waals surface area contributed by atoms with Gasteiger partial charge in [0.05, 0.1) is 10.6 Å². The summed E-state index contributed by atoms with van der Waals surface area (Å²) in [5.41, 5.74) is 1.62. The van der Waals surface area contributed by atoms with Crippen molar-refractivity contribution in [1.82, 2.24) is 10.2 Å². The van der Waals surface area contributed by atoms with E-state index in [0.29, 0.717) is 22.9 Å². The molecule has 12 heteroatoms. The highest BCUT2D eigenvalue weighted by molar-refractivity contribution is 7.92. The molecule has 9 nitrogen and oxygen atoms in total. The van der Waals surface area contributed by atoms with Crippen molar-refractivity contribution >= 4 is 39.1 Å². The Morgan fingerprint density at radius 2 is 1.52 bits per heavy atom. The molecule has 1 heterocycles. The van der Waals surface area contributed by atoms with Gasteiger partial charge in [-0.2, -0.15) is 0 Å². The van der Waals surface area contributed by atoms with Crippen molar-refractivity contribution in [1.29, 1.82) is 0 Å². The maximum absolute atomic E-state index is 14.7. The van der Waals surface area contributed by atoms with E-state index in [-0.39, 0.29) is 47.9 Å². The molecule has 1 saturated carbocycles. The summed E-state index contributed by atoms with van der Waals surface area (Å²) in [6, 6.07) is 24.4. The molecule has 0 radical (unpaired) electrons. The number of sulfonamides is 1. The van der Waals surface area contributed by atoms with Crippen LogP contribution in [0.5, 0.6) is 11.5 Å². The number of fused-ring (bicyclic) bond motifs is 1. The second-order valence-corrected chi connectivity index (χ2v) is 14.8. The number of carbonyl (C=O) groups excluding carboxylic acids is 2. The van der Waals surface area contributed by atoms with Gasteiger partial charge in [0.2, 0.25) is 11.8 Å². The highest BCUT2D eigenvalue weighted by atomic mass is 35.5. The van der Waals surface area contributed by atoms with Crippen molar-refractivity contribution in [3.63, 3.8) is 0 Å². The van der Waals surface area contributed by atoms with Gasteiger partial charge >= 0.3 is 0 Å². The summed E-state index contributed by atoms with van der Waals surface area (Å²) < 4.78 is 55.0. The van der Waals surface area contributed by atoms with E-state index in [1.54, 1.807) is 24.3 Å². The summed E-state index contributed by atoms with van der Waals surface area (Å²) in [6.45, 7) is -0.0792. The second-order valence-electron chi connectivity index (χ2n) is 12.5. The molecule has 0 bridgehead atoms. The predicted molar refractivity (Wildman–Crippen MR) is 189 cm³/mol. The molecule has 4 aromatic rings. The second kappa shape index (κ2) is 15.9. The molecular weight excluding hydrogens is 681 g/mol. The number of amides is 2. The molecule has 0 aromatic heterocycles. The molecule has 4 aromatic carbocycles. The van der Waals surface area contributed by atoms with Crippen molar-refractivity contribution in [2.75, 3.05) is 24.1 Å². The normalized spacial score (nSPS) is 15.2. The van der Waals surface area contributed by atoms with Crippen LogP contribution in [0.15, 0.2) is 102 Å². The standard InChI is InChI=1S/C38H39ClFN3O6S/c39-29-13-11-28(12-14-29)25-42(34(23-27-7-3-1-4-8-27)38(45)41-31-9-5-2-6-10-31)37(44)26-43(32-17-15-30(40)16-18-32)50(46,47)33-19-20-35-36(24-33)49-22-21-48-35/h1,3-4,7-8,11-20,24,31,34H,2,5-6,9-10,21-23,25-26H2,(H,41,45)/t34-/m0/s1. The molecular formula is C38H39ClFN3O6S. The quantitative estimate of drug-likeness (QED) is 0.179. The largest absolute Gasteiger partial charge is 0.486 e. The van der Waals surface area contributed by atoms with Crippen LogP contribution in [0.1, 0.15) is 43.2 Å². The van der Waals surface area contributed by atoms with E-state index in [2.05, 4.69) is 5.32 Å². The fraction of sp³-hybridized carbons (Fsp3) is 0.316. The lowest BCUT2D eigenvalue weighted by atomic mass is 9.94. The van der Waals surface area contributed by atoms with Crippen LogP contribution in [0.2, 0.25) is 5.02 Å². The van der Waals surface area contributed by atoms with Gasteiger partial charge in [-0.25, -0.2) is 12.8 Å². The van der Waals surface area contributed by atoms with E-state index in [1.807, 2.05) is 30.3 Å². The zero-order chi connectivity index (χ0) is 35.1. The average Bonchev–Trinajstić information content (AvgIpc) is 3.13. The molecule has 262 valence electrons. The SMILES string of the molecule is O=C(NC1CCCCC1)[C@H](Cc1ccccc1)N(Cc1ccc(Cl)cc1)C(=O)CN(c1ccc(F)cc1)S(=O)(=O)c1ccc2c(c1)OCCO2. The van der Waals surface area contributed by atoms with Crippen molar-refractivity contribution in [3.8, 4) is 11.5 Å². The van der Waals surface area contributed by atoms with Gasteiger partial charge in [0, 0.05) is 30.1 Å². The minimum absolute atomic E-state index is 0.00686. The number of hydrogen-bond donors (Lipinski definition) is 1. The smallest absolute Gasteiger partial charge is 0.264 e.